The Kier molecular flexibility index (Phi) is 8.92. The molecule has 2 nitrogen and oxygen atoms in total. The van der Waals surface area contributed by atoms with E-state index in [1.807, 2.05) is 0 Å². The molecule has 0 radical (unpaired) electrons. The Morgan fingerprint density at radius 1 is 0.389 bits per heavy atom. The molecule has 0 aromatic heterocycles. The molecule has 0 bridgehead atoms. The van der Waals surface area contributed by atoms with Gasteiger partial charge in [0.25, 0.3) is 6.71 Å². The van der Waals surface area contributed by atoms with Crippen LogP contribution in [0.25, 0.3) is 0 Å². The van der Waals surface area contributed by atoms with E-state index in [1.54, 1.807) is 0 Å². The lowest BCUT2D eigenvalue weighted by molar-refractivity contribution is 0.506. The SMILES string of the molecule is CCC(C)(C)c1cc2c3c(c1)N(c1ccc(C(C)(C)C)cc1)c1ccc(C(C)(C)C)cc1B3c1cc(C(C)(C)C)ccc1N2c1ccc(C(C)(C)C)cc1. The maximum Gasteiger partial charge on any atom is 0.252 e. The summed E-state index contributed by atoms with van der Waals surface area (Å²) >= 11 is 0. The smallest absolute Gasteiger partial charge is 0.252 e. The lowest BCUT2D eigenvalue weighted by Gasteiger charge is -2.46. The van der Waals surface area contributed by atoms with E-state index in [0.717, 1.165) is 6.42 Å². The van der Waals surface area contributed by atoms with Gasteiger partial charge < -0.3 is 9.80 Å². The van der Waals surface area contributed by atoms with Crippen molar-refractivity contribution in [2.75, 3.05) is 9.80 Å². The number of rotatable bonds is 4. The van der Waals surface area contributed by atoms with Crippen LogP contribution >= 0.6 is 0 Å². The van der Waals surface area contributed by atoms with Gasteiger partial charge in [-0.3, -0.25) is 0 Å². The Balaban J connectivity index is 1.62. The predicted molar refractivity (Wildman–Crippen MR) is 239 cm³/mol. The zero-order chi connectivity index (χ0) is 39.3. The molecule has 0 fully saturated rings. The van der Waals surface area contributed by atoms with Crippen molar-refractivity contribution in [1.82, 2.24) is 0 Å². The molecule has 280 valence electrons. The van der Waals surface area contributed by atoms with Crippen molar-refractivity contribution in [3.05, 3.63) is 125 Å². The third-order valence-electron chi connectivity index (χ3n) is 12.4. The van der Waals surface area contributed by atoms with Crippen LogP contribution in [-0.4, -0.2) is 6.71 Å². The van der Waals surface area contributed by atoms with Crippen molar-refractivity contribution < 1.29 is 0 Å². The molecule has 0 atom stereocenters. The van der Waals surface area contributed by atoms with Crippen molar-refractivity contribution in [2.45, 2.75) is 137 Å². The highest BCUT2D eigenvalue weighted by atomic mass is 15.2. The van der Waals surface area contributed by atoms with Gasteiger partial charge in [-0.05, 0) is 126 Å². The number of fused-ring (bicyclic) bond motifs is 4. The summed E-state index contributed by atoms with van der Waals surface area (Å²) in [5, 5.41) is 0. The fourth-order valence-electron chi connectivity index (χ4n) is 8.31. The molecule has 7 rings (SSSR count). The first-order valence-electron chi connectivity index (χ1n) is 20.3. The second-order valence-corrected chi connectivity index (χ2v) is 20.9. The van der Waals surface area contributed by atoms with Gasteiger partial charge in [-0.25, -0.2) is 0 Å². The Bertz CT molecular complexity index is 2060. The Morgan fingerprint density at radius 2 is 0.722 bits per heavy atom. The molecule has 0 N–H and O–H groups in total. The molecule has 2 aliphatic rings. The quantitative estimate of drug-likeness (QED) is 0.168. The van der Waals surface area contributed by atoms with E-state index >= 15 is 0 Å². The average Bonchev–Trinajstić information content (AvgIpc) is 3.09. The molecule has 0 amide bonds. The fraction of sp³-hybridized carbons (Fsp3) is 0.412. The van der Waals surface area contributed by atoms with Crippen molar-refractivity contribution in [3.8, 4) is 0 Å². The molecule has 0 aliphatic carbocycles. The molecule has 3 heteroatoms. The molecule has 0 saturated heterocycles. The number of hydrogen-bond donors (Lipinski definition) is 0. The molecule has 0 spiro atoms. The number of nitrogens with zero attached hydrogens (tertiary/aromatic N) is 2. The minimum absolute atomic E-state index is 0.0118. The molecule has 0 saturated carbocycles. The Morgan fingerprint density at radius 3 is 1.04 bits per heavy atom. The Labute approximate surface area is 328 Å². The second-order valence-electron chi connectivity index (χ2n) is 20.9. The maximum absolute atomic E-state index is 2.58. The van der Waals surface area contributed by atoms with Gasteiger partial charge in [0.2, 0.25) is 0 Å². The van der Waals surface area contributed by atoms with Crippen LogP contribution in [0.3, 0.4) is 0 Å². The lowest BCUT2D eigenvalue weighted by atomic mass is 9.33. The molecule has 5 aromatic carbocycles. The van der Waals surface area contributed by atoms with Crippen molar-refractivity contribution in [1.29, 1.82) is 0 Å². The number of hydrogen-bond acceptors (Lipinski definition) is 2. The van der Waals surface area contributed by atoms with Crippen molar-refractivity contribution in [2.24, 2.45) is 0 Å². The number of benzene rings is 5. The highest BCUT2D eigenvalue weighted by molar-refractivity contribution is 7.00. The third kappa shape index (κ3) is 6.50. The summed E-state index contributed by atoms with van der Waals surface area (Å²) in [6.07, 6.45) is 1.05. The first kappa shape index (κ1) is 38.1. The summed E-state index contributed by atoms with van der Waals surface area (Å²) in [4.78, 5) is 5.16. The molecule has 0 unspecified atom stereocenters. The lowest BCUT2D eigenvalue weighted by Crippen LogP contribution is -2.61. The average molecular weight is 715 g/mol. The summed E-state index contributed by atoms with van der Waals surface area (Å²) < 4.78 is 0. The molecule has 2 aliphatic heterocycles. The van der Waals surface area contributed by atoms with E-state index < -0.39 is 0 Å². The van der Waals surface area contributed by atoms with Gasteiger partial charge in [0, 0.05) is 34.1 Å². The van der Waals surface area contributed by atoms with Gasteiger partial charge in [0.1, 0.15) is 0 Å². The zero-order valence-electron chi connectivity index (χ0n) is 35.9. The maximum atomic E-state index is 2.58. The Hall–Kier alpha value is -4.24. The van der Waals surface area contributed by atoms with Crippen LogP contribution in [0.1, 0.15) is 138 Å². The van der Waals surface area contributed by atoms with Gasteiger partial charge >= 0.3 is 0 Å². The van der Waals surface area contributed by atoms with Gasteiger partial charge in [-0.2, -0.15) is 0 Å². The standard InChI is InChI=1S/C51H63BN2/c1-16-51(14,15)37-31-44-46-45(32-37)54(39-25-19-34(20-26-39)48(5,6)7)43-28-22-36(50(11,12)13)30-41(43)52(46)40-29-35(49(8,9)10)21-27-42(40)53(44)38-23-17-33(18-24-38)47(2,3)4/h17-32H,16H2,1-15H3. The molecule has 2 heterocycles. The van der Waals surface area contributed by atoms with E-state index in [4.69, 9.17) is 0 Å². The fourth-order valence-corrected chi connectivity index (χ4v) is 8.31. The third-order valence-corrected chi connectivity index (χ3v) is 12.4. The van der Waals surface area contributed by atoms with Crippen LogP contribution < -0.4 is 26.2 Å². The van der Waals surface area contributed by atoms with Gasteiger partial charge in [-0.1, -0.05) is 152 Å². The minimum atomic E-state index is -0.0166. The van der Waals surface area contributed by atoms with E-state index in [1.165, 1.54) is 78.3 Å². The monoisotopic (exact) mass is 715 g/mol. The topological polar surface area (TPSA) is 6.48 Å². The highest BCUT2D eigenvalue weighted by Gasteiger charge is 2.45. The molecular weight excluding hydrogens is 651 g/mol. The van der Waals surface area contributed by atoms with Crippen molar-refractivity contribution >= 4 is 57.2 Å². The summed E-state index contributed by atoms with van der Waals surface area (Å²) in [7, 11) is 0. The van der Waals surface area contributed by atoms with Crippen LogP contribution in [0, 0.1) is 0 Å². The van der Waals surface area contributed by atoms with Gasteiger partial charge in [-0.15, -0.1) is 0 Å². The zero-order valence-corrected chi connectivity index (χ0v) is 35.9. The molecular formula is C51H63BN2. The molecule has 54 heavy (non-hydrogen) atoms. The summed E-state index contributed by atoms with van der Waals surface area (Å²) in [5.41, 5.74) is 18.7. The summed E-state index contributed by atoms with van der Waals surface area (Å²) in [6.45, 7) is 35.1. The van der Waals surface area contributed by atoms with E-state index in [0.29, 0.717) is 0 Å². The van der Waals surface area contributed by atoms with E-state index in [2.05, 4.69) is 211 Å². The van der Waals surface area contributed by atoms with Crippen LogP contribution in [0.4, 0.5) is 34.1 Å². The first-order valence-corrected chi connectivity index (χ1v) is 20.3. The van der Waals surface area contributed by atoms with Gasteiger partial charge in [0.05, 0.1) is 0 Å². The number of anilines is 6. The summed E-state index contributed by atoms with van der Waals surface area (Å²) in [6, 6.07) is 38.5. The second kappa shape index (κ2) is 12.7. The van der Waals surface area contributed by atoms with E-state index in [9.17, 15) is 0 Å². The highest BCUT2D eigenvalue weighted by Crippen LogP contribution is 2.47. The minimum Gasteiger partial charge on any atom is -0.311 e. The molecule has 5 aromatic rings. The van der Waals surface area contributed by atoms with Crippen molar-refractivity contribution in [3.63, 3.8) is 0 Å². The summed E-state index contributed by atoms with van der Waals surface area (Å²) in [5.74, 6) is 0. The van der Waals surface area contributed by atoms with Crippen LogP contribution in [0.5, 0.6) is 0 Å². The van der Waals surface area contributed by atoms with E-state index in [-0.39, 0.29) is 33.8 Å². The predicted octanol–water partition coefficient (Wildman–Crippen LogP) is 12.6. The van der Waals surface area contributed by atoms with Crippen LogP contribution in [0.15, 0.2) is 97.1 Å². The van der Waals surface area contributed by atoms with Gasteiger partial charge in [0.15, 0.2) is 0 Å². The largest absolute Gasteiger partial charge is 0.311 e. The first-order chi connectivity index (χ1) is 25.0. The van der Waals surface area contributed by atoms with Crippen LogP contribution in [-0.2, 0) is 27.1 Å². The normalized spacial score (nSPS) is 14.5. The van der Waals surface area contributed by atoms with Crippen LogP contribution in [0.2, 0.25) is 0 Å².